The van der Waals surface area contributed by atoms with E-state index in [2.05, 4.69) is 5.32 Å². The Labute approximate surface area is 152 Å². The number of nitrogens with one attached hydrogen (secondary N) is 1. The van der Waals surface area contributed by atoms with Crippen molar-refractivity contribution < 1.29 is 28.1 Å². The van der Waals surface area contributed by atoms with Crippen LogP contribution in [0.1, 0.15) is 54.4 Å². The standard InChI is InChI=1S/C17H36NO6P/c1-8-15(18-14(12-13(5)6)16(19)21-7)25(20,24-11-4)17(22-9-2)23-10-3/h13-15,17-18H,8-12H2,1-7H3/t14-,15-,25+/m1/s1. The Kier molecular flexibility index (Phi) is 12.6. The Morgan fingerprint density at radius 3 is 1.96 bits per heavy atom. The first-order valence-electron chi connectivity index (χ1n) is 9.11. The summed E-state index contributed by atoms with van der Waals surface area (Å²) in [5.74, 6) is -0.673. The van der Waals surface area contributed by atoms with Crippen LogP contribution in [0.3, 0.4) is 0 Å². The summed E-state index contributed by atoms with van der Waals surface area (Å²) in [5.41, 5.74) is 0. The average molecular weight is 381 g/mol. The summed E-state index contributed by atoms with van der Waals surface area (Å²) >= 11 is 0. The van der Waals surface area contributed by atoms with Crippen LogP contribution < -0.4 is 5.32 Å². The van der Waals surface area contributed by atoms with E-state index in [1.165, 1.54) is 7.11 Å². The molecule has 25 heavy (non-hydrogen) atoms. The van der Waals surface area contributed by atoms with Gasteiger partial charge in [-0.15, -0.1) is 0 Å². The summed E-state index contributed by atoms with van der Waals surface area (Å²) in [6.45, 7) is 12.3. The Hall–Kier alpha value is -0.460. The minimum Gasteiger partial charge on any atom is -0.468 e. The smallest absolute Gasteiger partial charge is 0.322 e. The van der Waals surface area contributed by atoms with E-state index >= 15 is 0 Å². The van der Waals surface area contributed by atoms with Crippen LogP contribution >= 0.6 is 7.37 Å². The van der Waals surface area contributed by atoms with Gasteiger partial charge in [0.15, 0.2) is 0 Å². The highest BCUT2D eigenvalue weighted by atomic mass is 31.2. The number of carbonyl (C=O) groups is 1. The van der Waals surface area contributed by atoms with Gasteiger partial charge in [0.1, 0.15) is 6.04 Å². The van der Waals surface area contributed by atoms with E-state index in [4.69, 9.17) is 18.7 Å². The van der Waals surface area contributed by atoms with Crippen molar-refractivity contribution in [1.82, 2.24) is 5.32 Å². The topological polar surface area (TPSA) is 83.1 Å². The van der Waals surface area contributed by atoms with Gasteiger partial charge in [-0.3, -0.25) is 14.7 Å². The van der Waals surface area contributed by atoms with Gasteiger partial charge in [-0.05, 0) is 39.5 Å². The molecule has 150 valence electrons. The molecule has 0 saturated carbocycles. The third kappa shape index (κ3) is 7.75. The first-order valence-corrected chi connectivity index (χ1v) is 10.9. The van der Waals surface area contributed by atoms with Crippen LogP contribution in [0.5, 0.6) is 0 Å². The second-order valence-corrected chi connectivity index (χ2v) is 8.67. The maximum atomic E-state index is 13.7. The molecule has 0 aliphatic heterocycles. The minimum absolute atomic E-state index is 0.263. The van der Waals surface area contributed by atoms with E-state index in [0.717, 1.165) is 0 Å². The molecule has 3 atom stereocenters. The summed E-state index contributed by atoms with van der Waals surface area (Å²) in [5, 5.41) is 3.19. The van der Waals surface area contributed by atoms with Gasteiger partial charge in [0.2, 0.25) is 6.03 Å². The van der Waals surface area contributed by atoms with E-state index in [-0.39, 0.29) is 18.5 Å². The van der Waals surface area contributed by atoms with Crippen molar-refractivity contribution in [2.45, 2.75) is 72.2 Å². The second kappa shape index (κ2) is 12.8. The number of ether oxygens (including phenoxy) is 3. The number of carbonyl (C=O) groups excluding carboxylic acids is 1. The lowest BCUT2D eigenvalue weighted by Gasteiger charge is -2.34. The molecular formula is C17H36NO6P. The molecule has 0 fully saturated rings. The second-order valence-electron chi connectivity index (χ2n) is 6.08. The molecule has 0 aromatic carbocycles. The quantitative estimate of drug-likeness (QED) is 0.280. The van der Waals surface area contributed by atoms with E-state index < -0.39 is 25.2 Å². The number of esters is 1. The molecule has 0 aromatic rings. The van der Waals surface area contributed by atoms with Gasteiger partial charge >= 0.3 is 5.97 Å². The Balaban J connectivity index is 5.60. The third-order valence-corrected chi connectivity index (χ3v) is 6.58. The molecule has 0 aromatic heterocycles. The molecule has 0 spiro atoms. The molecule has 0 rings (SSSR count). The zero-order valence-corrected chi connectivity index (χ0v) is 17.6. The SMILES string of the molecule is CCOC(OCC)[P@@](=O)(OCC)[C@H](CC)N[C@H](CC(C)C)C(=O)OC. The molecule has 0 bridgehead atoms. The number of hydrogen-bond acceptors (Lipinski definition) is 7. The zero-order chi connectivity index (χ0) is 19.5. The first kappa shape index (κ1) is 24.5. The normalized spacial score (nSPS) is 16.7. The monoisotopic (exact) mass is 381 g/mol. The molecule has 0 heterocycles. The highest BCUT2D eigenvalue weighted by Crippen LogP contribution is 2.57. The van der Waals surface area contributed by atoms with Crippen molar-refractivity contribution in [2.75, 3.05) is 26.9 Å². The molecule has 0 unspecified atom stereocenters. The van der Waals surface area contributed by atoms with Gasteiger partial charge in [-0.1, -0.05) is 20.8 Å². The molecule has 0 radical (unpaired) electrons. The van der Waals surface area contributed by atoms with Crippen LogP contribution in [0.15, 0.2) is 0 Å². The van der Waals surface area contributed by atoms with E-state index in [0.29, 0.717) is 26.1 Å². The number of rotatable bonds is 14. The van der Waals surface area contributed by atoms with E-state index in [9.17, 15) is 9.36 Å². The van der Waals surface area contributed by atoms with Crippen LogP contribution in [-0.4, -0.2) is 50.8 Å². The molecule has 8 heteroatoms. The predicted octanol–water partition coefficient (Wildman–Crippen LogP) is 3.57. The molecule has 1 N–H and O–H groups in total. The van der Waals surface area contributed by atoms with Crippen molar-refractivity contribution in [3.8, 4) is 0 Å². The van der Waals surface area contributed by atoms with Gasteiger partial charge in [0.25, 0.3) is 7.37 Å². The van der Waals surface area contributed by atoms with Gasteiger partial charge in [-0.25, -0.2) is 0 Å². The van der Waals surface area contributed by atoms with Gasteiger partial charge in [-0.2, -0.15) is 0 Å². The van der Waals surface area contributed by atoms with Gasteiger partial charge in [0.05, 0.1) is 19.5 Å². The fourth-order valence-corrected chi connectivity index (χ4v) is 5.20. The maximum absolute atomic E-state index is 13.7. The van der Waals surface area contributed by atoms with E-state index in [1.54, 1.807) is 6.92 Å². The Morgan fingerprint density at radius 1 is 1.04 bits per heavy atom. The highest BCUT2D eigenvalue weighted by Gasteiger charge is 2.44. The Bertz CT molecular complexity index is 412. The molecule has 7 nitrogen and oxygen atoms in total. The molecule has 0 saturated heterocycles. The van der Waals surface area contributed by atoms with Crippen LogP contribution in [0.25, 0.3) is 0 Å². The van der Waals surface area contributed by atoms with Crippen molar-refractivity contribution in [3.05, 3.63) is 0 Å². The largest absolute Gasteiger partial charge is 0.468 e. The highest BCUT2D eigenvalue weighted by molar-refractivity contribution is 7.60. The fourth-order valence-electron chi connectivity index (χ4n) is 2.60. The number of hydrogen-bond donors (Lipinski definition) is 1. The summed E-state index contributed by atoms with van der Waals surface area (Å²) in [6, 6.07) is -1.52. The zero-order valence-electron chi connectivity index (χ0n) is 16.7. The third-order valence-electron chi connectivity index (χ3n) is 3.65. The van der Waals surface area contributed by atoms with Crippen molar-refractivity contribution in [1.29, 1.82) is 0 Å². The lowest BCUT2D eigenvalue weighted by molar-refractivity contribution is -0.143. The average Bonchev–Trinajstić information content (AvgIpc) is 2.57. The predicted molar refractivity (Wildman–Crippen MR) is 98.7 cm³/mol. The van der Waals surface area contributed by atoms with Crippen LogP contribution in [0, 0.1) is 5.92 Å². The van der Waals surface area contributed by atoms with E-state index in [1.807, 2.05) is 34.6 Å². The minimum atomic E-state index is -3.38. The summed E-state index contributed by atoms with van der Waals surface area (Å²) < 4.78 is 35.4. The molecule has 0 amide bonds. The molecule has 0 aliphatic carbocycles. The van der Waals surface area contributed by atoms with Crippen molar-refractivity contribution >= 4 is 13.3 Å². The first-order chi connectivity index (χ1) is 11.8. The lowest BCUT2D eigenvalue weighted by Crippen LogP contribution is -2.46. The van der Waals surface area contributed by atoms with Crippen LogP contribution in [-0.2, 0) is 28.1 Å². The summed E-state index contributed by atoms with van der Waals surface area (Å²) in [4.78, 5) is 12.1. The summed E-state index contributed by atoms with van der Waals surface area (Å²) in [6.07, 6.45) is 1.07. The molecule has 0 aliphatic rings. The van der Waals surface area contributed by atoms with Crippen molar-refractivity contribution in [3.63, 3.8) is 0 Å². The summed E-state index contributed by atoms with van der Waals surface area (Å²) in [7, 11) is -2.03. The Morgan fingerprint density at radius 2 is 1.60 bits per heavy atom. The van der Waals surface area contributed by atoms with Gasteiger partial charge in [0, 0.05) is 13.2 Å². The maximum Gasteiger partial charge on any atom is 0.322 e. The molecular weight excluding hydrogens is 345 g/mol. The van der Waals surface area contributed by atoms with Crippen molar-refractivity contribution in [2.24, 2.45) is 5.92 Å². The lowest BCUT2D eigenvalue weighted by atomic mass is 10.0. The number of methoxy groups -OCH3 is 1. The van der Waals surface area contributed by atoms with Crippen LogP contribution in [0.4, 0.5) is 0 Å². The fraction of sp³-hybridized carbons (Fsp3) is 0.941. The van der Waals surface area contributed by atoms with Gasteiger partial charge < -0.3 is 18.7 Å². The van der Waals surface area contributed by atoms with Crippen LogP contribution in [0.2, 0.25) is 0 Å².